The molecular weight excluding hydrogens is 508 g/mol. The van der Waals surface area contributed by atoms with Crippen molar-refractivity contribution < 1.29 is 4.79 Å². The summed E-state index contributed by atoms with van der Waals surface area (Å²) >= 11 is 10.9. The maximum absolute atomic E-state index is 12.4. The predicted molar refractivity (Wildman–Crippen MR) is 136 cm³/mol. The molecule has 1 amide bonds. The summed E-state index contributed by atoms with van der Waals surface area (Å²) in [4.78, 5) is 17.2. The summed E-state index contributed by atoms with van der Waals surface area (Å²) in [5, 5.41) is 5.72. The fraction of sp³-hybridized carbons (Fsp3) is 0.125. The van der Waals surface area contributed by atoms with Crippen molar-refractivity contribution in [3.63, 3.8) is 0 Å². The minimum atomic E-state index is -0.186. The van der Waals surface area contributed by atoms with E-state index in [1.165, 1.54) is 11.8 Å². The standard InChI is InChI=1S/C24H20BrClN4OS/c1-16(18-5-4-6-19(25)13-18)28-29-23(31)15-32-24-27-21-7-2-3-8-22(21)30(24)14-17-9-11-20(26)12-10-17/h2-13H,14-15H2,1H3,(H,29,31). The first kappa shape index (κ1) is 22.6. The van der Waals surface area contributed by atoms with Crippen LogP contribution >= 0.6 is 39.3 Å². The fourth-order valence-electron chi connectivity index (χ4n) is 3.18. The molecule has 4 rings (SSSR count). The van der Waals surface area contributed by atoms with Crippen LogP contribution in [0.15, 0.2) is 87.5 Å². The van der Waals surface area contributed by atoms with E-state index in [0.717, 1.165) is 37.5 Å². The number of para-hydroxylation sites is 2. The van der Waals surface area contributed by atoms with Gasteiger partial charge in [0.05, 0.1) is 29.0 Å². The van der Waals surface area contributed by atoms with Crippen LogP contribution in [-0.4, -0.2) is 26.9 Å². The summed E-state index contributed by atoms with van der Waals surface area (Å²) < 4.78 is 3.08. The van der Waals surface area contributed by atoms with Gasteiger partial charge in [-0.25, -0.2) is 10.4 Å². The van der Waals surface area contributed by atoms with Crippen LogP contribution in [0.4, 0.5) is 0 Å². The van der Waals surface area contributed by atoms with Crippen molar-refractivity contribution in [3.05, 3.63) is 93.4 Å². The van der Waals surface area contributed by atoms with Crippen molar-refractivity contribution in [3.8, 4) is 0 Å². The number of aromatic nitrogens is 2. The number of carbonyl (C=O) groups is 1. The zero-order chi connectivity index (χ0) is 22.5. The van der Waals surface area contributed by atoms with E-state index < -0.39 is 0 Å². The van der Waals surface area contributed by atoms with Crippen LogP contribution in [0, 0.1) is 0 Å². The zero-order valence-corrected chi connectivity index (χ0v) is 20.4. The van der Waals surface area contributed by atoms with Gasteiger partial charge in [0, 0.05) is 9.50 Å². The van der Waals surface area contributed by atoms with Crippen LogP contribution in [0.2, 0.25) is 5.02 Å². The zero-order valence-electron chi connectivity index (χ0n) is 17.3. The molecule has 1 heterocycles. The summed E-state index contributed by atoms with van der Waals surface area (Å²) in [5.41, 5.74) is 7.35. The van der Waals surface area contributed by atoms with Gasteiger partial charge in [-0.3, -0.25) is 4.79 Å². The second kappa shape index (κ2) is 10.3. The molecule has 0 saturated heterocycles. The number of benzene rings is 3. The van der Waals surface area contributed by atoms with Gasteiger partial charge in [0.15, 0.2) is 5.16 Å². The number of carbonyl (C=O) groups excluding carboxylic acids is 1. The molecule has 0 aliphatic rings. The molecule has 0 aliphatic carbocycles. The smallest absolute Gasteiger partial charge is 0.250 e. The molecule has 0 bridgehead atoms. The molecule has 0 unspecified atom stereocenters. The summed E-state index contributed by atoms with van der Waals surface area (Å²) in [5.74, 6) is 0.0218. The average molecular weight is 528 g/mol. The van der Waals surface area contributed by atoms with E-state index in [9.17, 15) is 4.79 Å². The Morgan fingerprint density at radius 3 is 2.69 bits per heavy atom. The second-order valence-electron chi connectivity index (χ2n) is 7.13. The molecule has 1 aromatic heterocycles. The molecule has 0 fully saturated rings. The molecule has 5 nitrogen and oxygen atoms in total. The van der Waals surface area contributed by atoms with E-state index in [4.69, 9.17) is 16.6 Å². The van der Waals surface area contributed by atoms with Crippen LogP contribution in [0.1, 0.15) is 18.1 Å². The summed E-state index contributed by atoms with van der Waals surface area (Å²) in [6.45, 7) is 2.50. The number of hydrogen-bond acceptors (Lipinski definition) is 4. The van der Waals surface area contributed by atoms with E-state index in [-0.39, 0.29) is 11.7 Å². The third kappa shape index (κ3) is 5.59. The Bertz CT molecular complexity index is 1290. The lowest BCUT2D eigenvalue weighted by Crippen LogP contribution is -2.21. The monoisotopic (exact) mass is 526 g/mol. The van der Waals surface area contributed by atoms with Crippen molar-refractivity contribution in [2.24, 2.45) is 5.10 Å². The van der Waals surface area contributed by atoms with Crippen molar-refractivity contribution >= 4 is 61.9 Å². The number of nitrogens with one attached hydrogen (secondary N) is 1. The van der Waals surface area contributed by atoms with E-state index in [1.54, 1.807) is 0 Å². The predicted octanol–water partition coefficient (Wildman–Crippen LogP) is 6.13. The summed E-state index contributed by atoms with van der Waals surface area (Å²) in [6, 6.07) is 23.5. The van der Waals surface area contributed by atoms with Gasteiger partial charge in [0.1, 0.15) is 0 Å². The van der Waals surface area contributed by atoms with E-state index in [0.29, 0.717) is 11.6 Å². The van der Waals surface area contributed by atoms with Crippen molar-refractivity contribution in [2.75, 3.05) is 5.75 Å². The van der Waals surface area contributed by atoms with Crippen LogP contribution in [0.5, 0.6) is 0 Å². The third-order valence-electron chi connectivity index (χ3n) is 4.80. The van der Waals surface area contributed by atoms with Gasteiger partial charge in [-0.05, 0) is 54.4 Å². The van der Waals surface area contributed by atoms with Crippen molar-refractivity contribution in [1.82, 2.24) is 15.0 Å². The molecule has 3 aromatic carbocycles. The molecule has 0 spiro atoms. The van der Waals surface area contributed by atoms with Gasteiger partial charge >= 0.3 is 0 Å². The first-order chi connectivity index (χ1) is 15.5. The van der Waals surface area contributed by atoms with Crippen molar-refractivity contribution in [2.45, 2.75) is 18.6 Å². The molecular formula is C24H20BrClN4OS. The molecule has 1 N–H and O–H groups in total. The number of thioether (sulfide) groups is 1. The number of nitrogens with zero attached hydrogens (tertiary/aromatic N) is 3. The third-order valence-corrected chi connectivity index (χ3v) is 6.52. The van der Waals surface area contributed by atoms with Gasteiger partial charge in [0.2, 0.25) is 0 Å². The highest BCUT2D eigenvalue weighted by molar-refractivity contribution is 9.10. The fourth-order valence-corrected chi connectivity index (χ4v) is 4.51. The van der Waals surface area contributed by atoms with E-state index in [2.05, 4.69) is 31.0 Å². The number of hydrazone groups is 1. The number of imidazole rings is 1. The Labute approximate surface area is 204 Å². The van der Waals surface area contributed by atoms with E-state index >= 15 is 0 Å². The molecule has 32 heavy (non-hydrogen) atoms. The normalized spacial score (nSPS) is 11.7. The van der Waals surface area contributed by atoms with Gasteiger partial charge in [-0.15, -0.1) is 0 Å². The quantitative estimate of drug-likeness (QED) is 0.179. The number of halogens is 2. The largest absolute Gasteiger partial charge is 0.314 e. The number of amides is 1. The highest BCUT2D eigenvalue weighted by Gasteiger charge is 2.13. The Morgan fingerprint density at radius 1 is 1.12 bits per heavy atom. The second-order valence-corrected chi connectivity index (χ2v) is 9.42. The first-order valence-corrected chi connectivity index (χ1v) is 12.1. The lowest BCUT2D eigenvalue weighted by Gasteiger charge is -2.09. The lowest BCUT2D eigenvalue weighted by molar-refractivity contribution is -0.118. The van der Waals surface area contributed by atoms with Crippen LogP contribution < -0.4 is 5.43 Å². The van der Waals surface area contributed by atoms with Crippen LogP contribution in [0.25, 0.3) is 11.0 Å². The minimum absolute atomic E-state index is 0.186. The SMILES string of the molecule is CC(=NNC(=O)CSc1nc2ccccc2n1Cc1ccc(Cl)cc1)c1cccc(Br)c1. The highest BCUT2D eigenvalue weighted by Crippen LogP contribution is 2.25. The summed E-state index contributed by atoms with van der Waals surface area (Å²) in [7, 11) is 0. The minimum Gasteiger partial charge on any atom is -0.314 e. The maximum atomic E-state index is 12.4. The molecule has 0 radical (unpaired) electrons. The number of fused-ring (bicyclic) bond motifs is 1. The molecule has 162 valence electrons. The number of rotatable bonds is 7. The van der Waals surface area contributed by atoms with Crippen LogP contribution in [-0.2, 0) is 11.3 Å². The Kier molecular flexibility index (Phi) is 7.29. The van der Waals surface area contributed by atoms with Crippen LogP contribution in [0.3, 0.4) is 0 Å². The topological polar surface area (TPSA) is 59.3 Å². The number of hydrogen-bond donors (Lipinski definition) is 1. The molecule has 0 aliphatic heterocycles. The average Bonchev–Trinajstić information content (AvgIpc) is 3.15. The Morgan fingerprint density at radius 2 is 1.91 bits per heavy atom. The first-order valence-electron chi connectivity index (χ1n) is 9.91. The van der Waals surface area contributed by atoms with Gasteiger partial charge < -0.3 is 4.57 Å². The highest BCUT2D eigenvalue weighted by atomic mass is 79.9. The lowest BCUT2D eigenvalue weighted by atomic mass is 10.1. The van der Waals surface area contributed by atoms with Gasteiger partial charge in [-0.1, -0.05) is 75.7 Å². The van der Waals surface area contributed by atoms with E-state index in [1.807, 2.05) is 79.7 Å². The molecule has 8 heteroatoms. The summed E-state index contributed by atoms with van der Waals surface area (Å²) in [6.07, 6.45) is 0. The maximum Gasteiger partial charge on any atom is 0.250 e. The Balaban J connectivity index is 1.47. The molecule has 4 aromatic rings. The van der Waals surface area contributed by atoms with Gasteiger partial charge in [0.25, 0.3) is 5.91 Å². The van der Waals surface area contributed by atoms with Crippen molar-refractivity contribution in [1.29, 1.82) is 0 Å². The molecule has 0 saturated carbocycles. The molecule has 0 atom stereocenters. The Hall–Kier alpha value is -2.61. The van der Waals surface area contributed by atoms with Gasteiger partial charge in [-0.2, -0.15) is 5.10 Å².